The first-order valence-corrected chi connectivity index (χ1v) is 11.2. The van der Waals surface area contributed by atoms with Gasteiger partial charge in [-0.1, -0.05) is 36.2 Å². The molecule has 0 radical (unpaired) electrons. The standard InChI is InChI=1S/C24H32N4O2/c1-18-7-9-19(10-8-18)15-26-24(29)20-11-13-28(14-12-20)22-16-25-17-23(27-22)30-21-5-3-2-4-6-21/h7-10,16-17,20-21H,2-6,11-15H2,1H3,(H,26,29). The molecule has 1 aliphatic carbocycles. The van der Waals surface area contributed by atoms with Gasteiger partial charge in [-0.05, 0) is 51.0 Å². The number of carbonyl (C=O) groups excluding carboxylic acids is 1. The summed E-state index contributed by atoms with van der Waals surface area (Å²) in [6.45, 7) is 4.28. The smallest absolute Gasteiger partial charge is 0.234 e. The van der Waals surface area contributed by atoms with Crippen LogP contribution in [0.1, 0.15) is 56.1 Å². The second kappa shape index (κ2) is 9.92. The molecule has 0 spiro atoms. The molecule has 0 bridgehead atoms. The Bertz CT molecular complexity index is 825. The molecular weight excluding hydrogens is 376 g/mol. The minimum absolute atomic E-state index is 0.0568. The summed E-state index contributed by atoms with van der Waals surface area (Å²) < 4.78 is 6.06. The molecule has 2 aromatic rings. The summed E-state index contributed by atoms with van der Waals surface area (Å²) in [5.41, 5.74) is 2.37. The van der Waals surface area contributed by atoms with E-state index in [-0.39, 0.29) is 17.9 Å². The molecule has 1 aliphatic heterocycles. The number of hydrogen-bond donors (Lipinski definition) is 1. The lowest BCUT2D eigenvalue weighted by molar-refractivity contribution is -0.125. The van der Waals surface area contributed by atoms with E-state index >= 15 is 0 Å². The Kier molecular flexibility index (Phi) is 6.82. The normalized spacial score (nSPS) is 18.2. The molecule has 160 valence electrons. The second-order valence-corrected chi connectivity index (χ2v) is 8.56. The van der Waals surface area contributed by atoms with Crippen LogP contribution in [0, 0.1) is 12.8 Å². The largest absolute Gasteiger partial charge is 0.473 e. The fraction of sp³-hybridized carbons (Fsp3) is 0.542. The number of nitrogens with zero attached hydrogens (tertiary/aromatic N) is 3. The van der Waals surface area contributed by atoms with Crippen LogP contribution in [-0.4, -0.2) is 35.1 Å². The number of carbonyl (C=O) groups is 1. The predicted octanol–water partition coefficient (Wildman–Crippen LogP) is 4.03. The van der Waals surface area contributed by atoms with Crippen molar-refractivity contribution in [3.8, 4) is 5.88 Å². The van der Waals surface area contributed by atoms with E-state index in [1.54, 1.807) is 12.4 Å². The van der Waals surface area contributed by atoms with Gasteiger partial charge in [0, 0.05) is 25.6 Å². The highest BCUT2D eigenvalue weighted by atomic mass is 16.5. The first kappa shape index (κ1) is 20.6. The van der Waals surface area contributed by atoms with E-state index in [2.05, 4.69) is 51.4 Å². The van der Waals surface area contributed by atoms with Gasteiger partial charge in [0.15, 0.2) is 5.82 Å². The molecule has 0 unspecified atom stereocenters. The molecule has 4 rings (SSSR count). The Labute approximate surface area is 179 Å². The molecule has 6 heteroatoms. The van der Waals surface area contributed by atoms with Crippen molar-refractivity contribution in [2.45, 2.75) is 64.5 Å². The van der Waals surface area contributed by atoms with Gasteiger partial charge >= 0.3 is 0 Å². The lowest BCUT2D eigenvalue weighted by Crippen LogP contribution is -2.40. The van der Waals surface area contributed by atoms with Crippen LogP contribution >= 0.6 is 0 Å². The Morgan fingerprint density at radius 3 is 2.53 bits per heavy atom. The van der Waals surface area contributed by atoms with Crippen molar-refractivity contribution in [3.63, 3.8) is 0 Å². The zero-order valence-corrected chi connectivity index (χ0v) is 17.8. The van der Waals surface area contributed by atoms with Crippen molar-refractivity contribution in [2.24, 2.45) is 5.92 Å². The van der Waals surface area contributed by atoms with Crippen LogP contribution in [0.4, 0.5) is 5.82 Å². The van der Waals surface area contributed by atoms with Gasteiger partial charge < -0.3 is 15.0 Å². The lowest BCUT2D eigenvalue weighted by Gasteiger charge is -2.32. The molecule has 1 aromatic carbocycles. The average molecular weight is 409 g/mol. The van der Waals surface area contributed by atoms with Crippen molar-refractivity contribution in [1.29, 1.82) is 0 Å². The van der Waals surface area contributed by atoms with E-state index in [0.717, 1.165) is 50.2 Å². The first-order valence-electron chi connectivity index (χ1n) is 11.2. The highest BCUT2D eigenvalue weighted by molar-refractivity contribution is 5.79. The van der Waals surface area contributed by atoms with E-state index < -0.39 is 0 Å². The lowest BCUT2D eigenvalue weighted by atomic mass is 9.96. The third-order valence-electron chi connectivity index (χ3n) is 6.22. The van der Waals surface area contributed by atoms with E-state index in [4.69, 9.17) is 4.74 Å². The van der Waals surface area contributed by atoms with E-state index in [1.807, 2.05) is 0 Å². The quantitative estimate of drug-likeness (QED) is 0.782. The van der Waals surface area contributed by atoms with E-state index in [1.165, 1.54) is 24.8 Å². The third-order valence-corrected chi connectivity index (χ3v) is 6.22. The van der Waals surface area contributed by atoms with Crippen LogP contribution in [0.2, 0.25) is 0 Å². The van der Waals surface area contributed by atoms with Crippen LogP contribution in [0.15, 0.2) is 36.7 Å². The van der Waals surface area contributed by atoms with E-state index in [0.29, 0.717) is 12.4 Å². The van der Waals surface area contributed by atoms with Crippen LogP contribution in [0.3, 0.4) is 0 Å². The summed E-state index contributed by atoms with van der Waals surface area (Å²) in [5.74, 6) is 1.68. The van der Waals surface area contributed by atoms with Crippen molar-refractivity contribution in [3.05, 3.63) is 47.8 Å². The molecular formula is C24H32N4O2. The Morgan fingerprint density at radius 1 is 1.07 bits per heavy atom. The number of aromatic nitrogens is 2. The van der Waals surface area contributed by atoms with Crippen molar-refractivity contribution >= 4 is 11.7 Å². The predicted molar refractivity (Wildman–Crippen MR) is 117 cm³/mol. The van der Waals surface area contributed by atoms with E-state index in [9.17, 15) is 4.79 Å². The minimum Gasteiger partial charge on any atom is -0.473 e. The summed E-state index contributed by atoms with van der Waals surface area (Å²) in [6, 6.07) is 8.29. The number of aryl methyl sites for hydroxylation is 1. The zero-order valence-electron chi connectivity index (χ0n) is 17.8. The minimum atomic E-state index is 0.0568. The second-order valence-electron chi connectivity index (χ2n) is 8.56. The van der Waals surface area contributed by atoms with Crippen molar-refractivity contribution < 1.29 is 9.53 Å². The molecule has 1 amide bonds. The highest BCUT2D eigenvalue weighted by Gasteiger charge is 2.26. The molecule has 1 saturated heterocycles. The number of benzene rings is 1. The number of hydrogen-bond acceptors (Lipinski definition) is 5. The van der Waals surface area contributed by atoms with Gasteiger partial charge in [0.05, 0.1) is 12.4 Å². The summed E-state index contributed by atoms with van der Waals surface area (Å²) in [4.78, 5) is 23.8. The Morgan fingerprint density at radius 2 is 1.80 bits per heavy atom. The SMILES string of the molecule is Cc1ccc(CNC(=O)C2CCN(c3cncc(OC4CCCCC4)n3)CC2)cc1. The first-order chi connectivity index (χ1) is 14.7. The maximum Gasteiger partial charge on any atom is 0.234 e. The summed E-state index contributed by atoms with van der Waals surface area (Å²) in [6.07, 6.45) is 11.4. The van der Waals surface area contributed by atoms with Gasteiger partial charge in [-0.25, -0.2) is 0 Å². The molecule has 30 heavy (non-hydrogen) atoms. The topological polar surface area (TPSA) is 67.4 Å². The molecule has 6 nitrogen and oxygen atoms in total. The van der Waals surface area contributed by atoms with Gasteiger partial charge in [0.2, 0.25) is 11.8 Å². The molecule has 0 atom stereocenters. The van der Waals surface area contributed by atoms with Gasteiger partial charge in [-0.15, -0.1) is 0 Å². The molecule has 2 heterocycles. The molecule has 1 saturated carbocycles. The van der Waals surface area contributed by atoms with Crippen LogP contribution < -0.4 is 15.0 Å². The molecule has 1 N–H and O–H groups in total. The summed E-state index contributed by atoms with van der Waals surface area (Å²) in [7, 11) is 0. The van der Waals surface area contributed by atoms with Crippen LogP contribution in [-0.2, 0) is 11.3 Å². The number of piperidine rings is 1. The maximum atomic E-state index is 12.6. The Balaban J connectivity index is 1.26. The van der Waals surface area contributed by atoms with Gasteiger partial charge in [0.25, 0.3) is 0 Å². The fourth-order valence-corrected chi connectivity index (χ4v) is 4.31. The van der Waals surface area contributed by atoms with Crippen LogP contribution in [0.5, 0.6) is 5.88 Å². The van der Waals surface area contributed by atoms with Gasteiger partial charge in [-0.2, -0.15) is 4.98 Å². The van der Waals surface area contributed by atoms with Gasteiger partial charge in [-0.3, -0.25) is 9.78 Å². The number of anilines is 1. The molecule has 2 aliphatic rings. The van der Waals surface area contributed by atoms with Crippen molar-refractivity contribution in [2.75, 3.05) is 18.0 Å². The molecule has 2 fully saturated rings. The average Bonchev–Trinajstić information content (AvgIpc) is 2.79. The van der Waals surface area contributed by atoms with Gasteiger partial charge in [0.1, 0.15) is 6.10 Å². The van der Waals surface area contributed by atoms with Crippen LogP contribution in [0.25, 0.3) is 0 Å². The zero-order chi connectivity index (χ0) is 20.8. The monoisotopic (exact) mass is 408 g/mol. The number of amides is 1. The number of nitrogens with one attached hydrogen (secondary N) is 1. The summed E-state index contributed by atoms with van der Waals surface area (Å²) in [5, 5.41) is 3.09. The maximum absolute atomic E-state index is 12.6. The molecule has 1 aromatic heterocycles. The summed E-state index contributed by atoms with van der Waals surface area (Å²) >= 11 is 0. The van der Waals surface area contributed by atoms with Crippen molar-refractivity contribution in [1.82, 2.24) is 15.3 Å². The fourth-order valence-electron chi connectivity index (χ4n) is 4.31. The Hall–Kier alpha value is -2.63. The highest BCUT2D eigenvalue weighted by Crippen LogP contribution is 2.25. The third kappa shape index (κ3) is 5.49. The number of rotatable bonds is 6. The number of ether oxygens (including phenoxy) is 1.